The molecular weight excluding hydrogens is 348 g/mol. The van der Waals surface area contributed by atoms with E-state index >= 15 is 0 Å². The van der Waals surface area contributed by atoms with E-state index in [1.165, 1.54) is 0 Å². The Bertz CT molecular complexity index is 1000. The highest BCUT2D eigenvalue weighted by Crippen LogP contribution is 2.48. The number of rotatable bonds is 3. The Kier molecular flexibility index (Phi) is 5.12. The Morgan fingerprint density at radius 3 is 1.46 bits per heavy atom. The van der Waals surface area contributed by atoms with Crippen LogP contribution in [0, 0.1) is 41.5 Å². The molecule has 0 fully saturated rings. The summed E-state index contributed by atoms with van der Waals surface area (Å²) in [5.41, 5.74) is 7.57. The van der Waals surface area contributed by atoms with Crippen LogP contribution in [0.25, 0.3) is 0 Å². The highest BCUT2D eigenvalue weighted by molar-refractivity contribution is 5.63. The molecule has 3 aromatic carbocycles. The van der Waals surface area contributed by atoms with Gasteiger partial charge in [-0.15, -0.1) is 0 Å². The number of para-hydroxylation sites is 1. The van der Waals surface area contributed by atoms with Crippen molar-refractivity contribution in [3.8, 4) is 17.2 Å². The summed E-state index contributed by atoms with van der Waals surface area (Å²) in [6.07, 6.45) is 0. The molecule has 3 N–H and O–H groups in total. The maximum atomic E-state index is 11.1. The van der Waals surface area contributed by atoms with Crippen molar-refractivity contribution < 1.29 is 15.3 Å². The average Bonchev–Trinajstić information content (AvgIpc) is 2.64. The van der Waals surface area contributed by atoms with Crippen molar-refractivity contribution in [1.29, 1.82) is 0 Å². The molecule has 3 rings (SSSR count). The Morgan fingerprint density at radius 1 is 0.607 bits per heavy atom. The van der Waals surface area contributed by atoms with Crippen molar-refractivity contribution in [2.45, 2.75) is 47.5 Å². The van der Waals surface area contributed by atoms with Crippen LogP contribution in [0.3, 0.4) is 0 Å². The normalized spacial score (nSPS) is 11.2. The summed E-state index contributed by atoms with van der Waals surface area (Å²) in [6.45, 7) is 11.6. The molecule has 0 aliphatic rings. The van der Waals surface area contributed by atoms with Crippen molar-refractivity contribution in [3.63, 3.8) is 0 Å². The van der Waals surface area contributed by atoms with Crippen LogP contribution in [0.2, 0.25) is 0 Å². The van der Waals surface area contributed by atoms with Crippen LogP contribution in [0.5, 0.6) is 17.2 Å². The third-order valence-corrected chi connectivity index (χ3v) is 5.94. The summed E-state index contributed by atoms with van der Waals surface area (Å²) in [7, 11) is 0. The molecule has 0 spiro atoms. The molecule has 0 aromatic heterocycles. The van der Waals surface area contributed by atoms with Gasteiger partial charge in [0, 0.05) is 22.6 Å². The fourth-order valence-corrected chi connectivity index (χ4v) is 4.09. The Balaban J connectivity index is 2.46. The van der Waals surface area contributed by atoms with Crippen LogP contribution in [0.1, 0.15) is 56.0 Å². The number of hydrogen-bond acceptors (Lipinski definition) is 3. The molecule has 0 unspecified atom stereocenters. The van der Waals surface area contributed by atoms with Crippen LogP contribution in [-0.4, -0.2) is 15.3 Å². The molecule has 146 valence electrons. The van der Waals surface area contributed by atoms with Crippen molar-refractivity contribution >= 4 is 0 Å². The number of hydrogen-bond donors (Lipinski definition) is 3. The maximum absolute atomic E-state index is 11.1. The number of aryl methyl sites for hydroxylation is 4. The molecule has 0 saturated heterocycles. The minimum Gasteiger partial charge on any atom is -0.508 e. The van der Waals surface area contributed by atoms with Gasteiger partial charge < -0.3 is 15.3 Å². The molecule has 0 aliphatic carbocycles. The second kappa shape index (κ2) is 7.23. The third kappa shape index (κ3) is 3.11. The standard InChI is InChI=1S/C25H28O3/c1-13-11-15(3)21(24(27)17(13)5)23(19-9-7-8-10-20(19)26)22-16(4)12-14(2)18(6)25(22)28/h7-12,23,26-28H,1-6H3. The van der Waals surface area contributed by atoms with E-state index in [0.29, 0.717) is 16.7 Å². The monoisotopic (exact) mass is 376 g/mol. The predicted molar refractivity (Wildman–Crippen MR) is 114 cm³/mol. The topological polar surface area (TPSA) is 60.7 Å². The van der Waals surface area contributed by atoms with E-state index in [2.05, 4.69) is 0 Å². The van der Waals surface area contributed by atoms with Gasteiger partial charge in [-0.1, -0.05) is 30.3 Å². The van der Waals surface area contributed by atoms with Crippen molar-refractivity contribution in [2.75, 3.05) is 0 Å². The summed E-state index contributed by atoms with van der Waals surface area (Å²) in [5, 5.41) is 32.8. The first-order chi connectivity index (χ1) is 13.1. The van der Waals surface area contributed by atoms with Gasteiger partial charge in [0.05, 0.1) is 0 Å². The summed E-state index contributed by atoms with van der Waals surface area (Å²) < 4.78 is 0. The largest absolute Gasteiger partial charge is 0.508 e. The molecular formula is C25H28O3. The second-order valence-electron chi connectivity index (χ2n) is 7.79. The van der Waals surface area contributed by atoms with Crippen LogP contribution in [0.4, 0.5) is 0 Å². The van der Waals surface area contributed by atoms with Gasteiger partial charge in [-0.2, -0.15) is 0 Å². The van der Waals surface area contributed by atoms with Crippen LogP contribution < -0.4 is 0 Å². The number of phenolic OH excluding ortho intramolecular Hbond substituents is 3. The molecule has 0 amide bonds. The van der Waals surface area contributed by atoms with E-state index in [9.17, 15) is 15.3 Å². The van der Waals surface area contributed by atoms with Gasteiger partial charge in [0.1, 0.15) is 17.2 Å². The highest BCUT2D eigenvalue weighted by atomic mass is 16.3. The number of aromatic hydroxyl groups is 3. The molecule has 3 nitrogen and oxygen atoms in total. The predicted octanol–water partition coefficient (Wildman–Crippen LogP) is 5.83. The van der Waals surface area contributed by atoms with E-state index in [1.54, 1.807) is 12.1 Å². The second-order valence-corrected chi connectivity index (χ2v) is 7.79. The molecule has 0 atom stereocenters. The van der Waals surface area contributed by atoms with Gasteiger partial charge in [-0.25, -0.2) is 0 Å². The van der Waals surface area contributed by atoms with Crippen molar-refractivity contribution in [1.82, 2.24) is 0 Å². The van der Waals surface area contributed by atoms with Gasteiger partial charge in [0.15, 0.2) is 0 Å². The molecule has 3 heteroatoms. The number of benzene rings is 3. The fraction of sp³-hybridized carbons (Fsp3) is 0.280. The first-order valence-corrected chi connectivity index (χ1v) is 9.52. The Hall–Kier alpha value is -2.94. The quantitative estimate of drug-likeness (QED) is 0.504. The lowest BCUT2D eigenvalue weighted by Crippen LogP contribution is -2.10. The van der Waals surface area contributed by atoms with E-state index in [0.717, 1.165) is 33.4 Å². The molecule has 0 radical (unpaired) electrons. The van der Waals surface area contributed by atoms with Gasteiger partial charge >= 0.3 is 0 Å². The lowest BCUT2D eigenvalue weighted by molar-refractivity contribution is 0.446. The molecule has 0 saturated carbocycles. The van der Waals surface area contributed by atoms with E-state index in [4.69, 9.17) is 0 Å². The number of phenols is 3. The maximum Gasteiger partial charge on any atom is 0.123 e. The first-order valence-electron chi connectivity index (χ1n) is 9.52. The summed E-state index contributed by atoms with van der Waals surface area (Å²) >= 11 is 0. The van der Waals surface area contributed by atoms with Crippen LogP contribution in [-0.2, 0) is 0 Å². The fourth-order valence-electron chi connectivity index (χ4n) is 4.09. The van der Waals surface area contributed by atoms with Crippen molar-refractivity contribution in [3.05, 3.63) is 86.5 Å². The Labute approximate surface area is 166 Å². The average molecular weight is 376 g/mol. The first kappa shape index (κ1) is 19.8. The SMILES string of the molecule is Cc1cc(C)c(C(c2ccccc2O)c2c(C)cc(C)c(C)c2O)c(O)c1C. The highest BCUT2D eigenvalue weighted by Gasteiger charge is 2.30. The minimum atomic E-state index is -0.486. The van der Waals surface area contributed by atoms with Gasteiger partial charge in [0.25, 0.3) is 0 Å². The zero-order valence-electron chi connectivity index (χ0n) is 17.4. The third-order valence-electron chi connectivity index (χ3n) is 5.94. The summed E-state index contributed by atoms with van der Waals surface area (Å²) in [6, 6.07) is 11.2. The van der Waals surface area contributed by atoms with E-state index < -0.39 is 5.92 Å². The molecule has 28 heavy (non-hydrogen) atoms. The summed E-state index contributed by atoms with van der Waals surface area (Å²) in [5.74, 6) is 0.0759. The van der Waals surface area contributed by atoms with Gasteiger partial charge in [0.2, 0.25) is 0 Å². The zero-order valence-corrected chi connectivity index (χ0v) is 17.4. The Morgan fingerprint density at radius 2 is 1.04 bits per heavy atom. The van der Waals surface area contributed by atoms with Crippen LogP contribution >= 0.6 is 0 Å². The lowest BCUT2D eigenvalue weighted by atomic mass is 9.77. The van der Waals surface area contributed by atoms with E-state index in [-0.39, 0.29) is 17.2 Å². The minimum absolute atomic E-state index is 0.140. The molecule has 0 bridgehead atoms. The summed E-state index contributed by atoms with van der Waals surface area (Å²) in [4.78, 5) is 0. The smallest absolute Gasteiger partial charge is 0.123 e. The molecule has 3 aromatic rings. The van der Waals surface area contributed by atoms with Crippen LogP contribution in [0.15, 0.2) is 36.4 Å². The molecule has 0 heterocycles. The van der Waals surface area contributed by atoms with E-state index in [1.807, 2.05) is 65.8 Å². The molecule has 0 aliphatic heterocycles. The zero-order chi connectivity index (χ0) is 20.7. The van der Waals surface area contributed by atoms with Crippen molar-refractivity contribution in [2.24, 2.45) is 0 Å². The van der Waals surface area contributed by atoms with Gasteiger partial charge in [-0.3, -0.25) is 0 Å². The van der Waals surface area contributed by atoms with Gasteiger partial charge in [-0.05, 0) is 81.0 Å². The lowest BCUT2D eigenvalue weighted by Gasteiger charge is -2.27.